The van der Waals surface area contributed by atoms with Crippen LogP contribution in [0.25, 0.3) is 0 Å². The van der Waals surface area contributed by atoms with E-state index in [0.29, 0.717) is 20.4 Å². The van der Waals surface area contributed by atoms with Crippen LogP contribution in [0.5, 0.6) is 0 Å². The molecule has 0 spiro atoms. The van der Waals surface area contributed by atoms with E-state index in [2.05, 4.69) is 21.2 Å². The first-order chi connectivity index (χ1) is 22.5. The van der Waals surface area contributed by atoms with E-state index in [9.17, 15) is 31.2 Å². The maximum atomic E-state index is 14.6. The number of carbonyl (C=O) groups excluding carboxylic acids is 2. The van der Waals surface area contributed by atoms with E-state index in [4.69, 9.17) is 11.6 Å². The minimum Gasteiger partial charge on any atom is -0.350 e. The highest BCUT2D eigenvalue weighted by molar-refractivity contribution is 9.10. The molecular weight excluding hydrogens is 731 g/mol. The van der Waals surface area contributed by atoms with Crippen LogP contribution in [0, 0.1) is 0 Å². The van der Waals surface area contributed by atoms with Crippen LogP contribution in [0.2, 0.25) is 5.02 Å². The van der Waals surface area contributed by atoms with Crippen LogP contribution in [0.3, 0.4) is 0 Å². The van der Waals surface area contributed by atoms with Gasteiger partial charge in [0.1, 0.15) is 12.6 Å². The van der Waals surface area contributed by atoms with Crippen molar-refractivity contribution in [3.63, 3.8) is 0 Å². The summed E-state index contributed by atoms with van der Waals surface area (Å²) in [5.74, 6) is -1.34. The monoisotopic (exact) mass is 763 g/mol. The summed E-state index contributed by atoms with van der Waals surface area (Å²) in [6, 6.07) is 24.2. The maximum absolute atomic E-state index is 14.6. The number of rotatable bonds is 11. The summed E-state index contributed by atoms with van der Waals surface area (Å²) >= 11 is 9.80. The van der Waals surface area contributed by atoms with Gasteiger partial charge in [0, 0.05) is 23.0 Å². The second-order valence-corrected chi connectivity index (χ2v) is 15.3. The summed E-state index contributed by atoms with van der Waals surface area (Å²) in [4.78, 5) is 29.5. The van der Waals surface area contributed by atoms with Gasteiger partial charge in [-0.25, -0.2) is 8.42 Å². The number of carbonyl (C=O) groups is 2. The first-order valence-electron chi connectivity index (χ1n) is 14.8. The fourth-order valence-corrected chi connectivity index (χ4v) is 7.11. The van der Waals surface area contributed by atoms with E-state index in [0.717, 1.165) is 17.7 Å². The second-order valence-electron chi connectivity index (χ2n) is 12.1. The quantitative estimate of drug-likeness (QED) is 0.169. The maximum Gasteiger partial charge on any atom is 0.416 e. The molecule has 0 saturated heterocycles. The molecule has 4 aromatic carbocycles. The van der Waals surface area contributed by atoms with Gasteiger partial charge >= 0.3 is 6.18 Å². The van der Waals surface area contributed by atoms with Crippen LogP contribution in [0.15, 0.2) is 112 Å². The molecule has 0 fully saturated rings. The molecule has 1 atom stereocenters. The zero-order chi connectivity index (χ0) is 35.3. The molecule has 13 heteroatoms. The average molecular weight is 765 g/mol. The van der Waals surface area contributed by atoms with Gasteiger partial charge in [0.15, 0.2) is 0 Å². The van der Waals surface area contributed by atoms with Crippen molar-refractivity contribution in [1.29, 1.82) is 0 Å². The average Bonchev–Trinajstić information content (AvgIpc) is 3.01. The Hall–Kier alpha value is -3.87. The number of nitrogens with zero attached hydrogens (tertiary/aromatic N) is 2. The number of anilines is 1. The van der Waals surface area contributed by atoms with Crippen LogP contribution in [-0.2, 0) is 38.8 Å². The lowest BCUT2D eigenvalue weighted by Gasteiger charge is -2.35. The SMILES string of the molecule is CC(C)(C)NC(=O)[C@@H](Cc1ccccc1)N(Cc1cccc(Br)c1)C(=O)CN(c1cc(C(F)(F)F)ccc1Cl)S(=O)(=O)c1ccccc1. The number of amides is 2. The van der Waals surface area contributed by atoms with E-state index in [1.165, 1.54) is 29.2 Å². The second kappa shape index (κ2) is 15.1. The van der Waals surface area contributed by atoms with Gasteiger partial charge in [-0.05, 0) is 74.4 Å². The molecule has 0 unspecified atom stereocenters. The minimum absolute atomic E-state index is 0.0677. The zero-order valence-corrected chi connectivity index (χ0v) is 29.5. The van der Waals surface area contributed by atoms with E-state index >= 15 is 0 Å². The number of benzene rings is 4. The number of hydrogen-bond acceptors (Lipinski definition) is 4. The molecule has 7 nitrogen and oxygen atoms in total. The lowest BCUT2D eigenvalue weighted by Crippen LogP contribution is -2.56. The molecule has 0 radical (unpaired) electrons. The fourth-order valence-electron chi connectivity index (χ4n) is 4.95. The summed E-state index contributed by atoms with van der Waals surface area (Å²) in [6.45, 7) is 4.28. The number of halogens is 5. The Morgan fingerprint density at radius 1 is 0.854 bits per heavy atom. The van der Waals surface area contributed by atoms with Crippen LogP contribution in [-0.4, -0.2) is 43.3 Å². The number of hydrogen-bond donors (Lipinski definition) is 1. The van der Waals surface area contributed by atoms with Gasteiger partial charge in [-0.3, -0.25) is 13.9 Å². The molecule has 48 heavy (non-hydrogen) atoms. The van der Waals surface area contributed by atoms with Crippen molar-refractivity contribution in [3.8, 4) is 0 Å². The lowest BCUT2D eigenvalue weighted by atomic mass is 10.0. The first kappa shape index (κ1) is 37.0. The topological polar surface area (TPSA) is 86.8 Å². The van der Waals surface area contributed by atoms with Crippen LogP contribution >= 0.6 is 27.5 Å². The molecule has 0 aromatic heterocycles. The highest BCUT2D eigenvalue weighted by atomic mass is 79.9. The van der Waals surface area contributed by atoms with E-state index in [1.54, 1.807) is 75.4 Å². The van der Waals surface area contributed by atoms with Crippen LogP contribution in [0.4, 0.5) is 18.9 Å². The molecule has 0 aliphatic carbocycles. The standard InChI is InChI=1S/C35H34BrClF3N3O4S/c1-34(2,3)41-33(45)31(20-24-11-6-4-7-12-24)42(22-25-13-10-14-27(36)19-25)32(44)23-43(48(46,47)28-15-8-5-9-16-28)30-21-26(35(38,39)40)17-18-29(30)37/h4-19,21,31H,20,22-23H2,1-3H3,(H,41,45)/t31-/m1/s1. The zero-order valence-electron chi connectivity index (χ0n) is 26.3. The number of sulfonamides is 1. The third-order valence-electron chi connectivity index (χ3n) is 7.16. The van der Waals surface area contributed by atoms with Crippen molar-refractivity contribution in [3.05, 3.63) is 129 Å². The van der Waals surface area contributed by atoms with Gasteiger partial charge in [-0.1, -0.05) is 88.2 Å². The predicted octanol–water partition coefficient (Wildman–Crippen LogP) is 7.87. The van der Waals surface area contributed by atoms with Gasteiger partial charge in [0.2, 0.25) is 11.8 Å². The Morgan fingerprint density at radius 3 is 2.04 bits per heavy atom. The third-order valence-corrected chi connectivity index (χ3v) is 9.75. The summed E-state index contributed by atoms with van der Waals surface area (Å²) in [5, 5.41) is 2.61. The molecule has 0 saturated carbocycles. The number of alkyl halides is 3. The molecule has 1 N–H and O–H groups in total. The van der Waals surface area contributed by atoms with E-state index < -0.39 is 57.4 Å². The number of nitrogens with one attached hydrogen (secondary N) is 1. The van der Waals surface area contributed by atoms with E-state index in [1.807, 2.05) is 6.07 Å². The van der Waals surface area contributed by atoms with Crippen molar-refractivity contribution < 1.29 is 31.2 Å². The summed E-state index contributed by atoms with van der Waals surface area (Å²) in [6.07, 6.45) is -4.76. The fraction of sp³-hybridized carbons (Fsp3) is 0.257. The molecule has 0 aliphatic heterocycles. The Kier molecular flexibility index (Phi) is 11.6. The summed E-state index contributed by atoms with van der Waals surface area (Å²) < 4.78 is 71.1. The summed E-state index contributed by atoms with van der Waals surface area (Å²) in [7, 11) is -4.65. The van der Waals surface area contributed by atoms with Gasteiger partial charge in [-0.15, -0.1) is 0 Å². The van der Waals surface area contributed by atoms with Gasteiger partial charge in [0.05, 0.1) is 21.2 Å². The Bertz CT molecular complexity index is 1850. The molecular formula is C35H34BrClF3N3O4S. The molecule has 0 aliphatic rings. The molecule has 2 amide bonds. The van der Waals surface area contributed by atoms with Crippen LogP contribution < -0.4 is 9.62 Å². The molecule has 0 bridgehead atoms. The Morgan fingerprint density at radius 2 is 1.46 bits per heavy atom. The van der Waals surface area contributed by atoms with Gasteiger partial charge < -0.3 is 10.2 Å². The largest absolute Gasteiger partial charge is 0.416 e. The van der Waals surface area contributed by atoms with E-state index in [-0.39, 0.29) is 22.9 Å². The summed E-state index contributed by atoms with van der Waals surface area (Å²) in [5.41, 5.74) is -1.03. The van der Waals surface area contributed by atoms with Gasteiger partial charge in [0.25, 0.3) is 10.0 Å². The molecule has 4 aromatic rings. The van der Waals surface area contributed by atoms with Gasteiger partial charge in [-0.2, -0.15) is 13.2 Å². The minimum atomic E-state index is -4.83. The highest BCUT2D eigenvalue weighted by Gasteiger charge is 2.38. The third kappa shape index (κ3) is 9.61. The predicted molar refractivity (Wildman–Crippen MR) is 184 cm³/mol. The molecule has 0 heterocycles. The Labute approximate surface area is 291 Å². The van der Waals surface area contributed by atoms with Crippen LogP contribution in [0.1, 0.15) is 37.5 Å². The van der Waals surface area contributed by atoms with Crippen molar-refractivity contribution in [1.82, 2.24) is 10.2 Å². The molecule has 254 valence electrons. The smallest absolute Gasteiger partial charge is 0.350 e. The Balaban J connectivity index is 1.88. The molecule has 4 rings (SSSR count). The first-order valence-corrected chi connectivity index (χ1v) is 17.4. The lowest BCUT2D eigenvalue weighted by molar-refractivity contribution is -0.140. The normalized spacial score (nSPS) is 12.7. The van der Waals surface area contributed by atoms with Crippen molar-refractivity contribution in [2.45, 2.75) is 56.4 Å². The van der Waals surface area contributed by atoms with Crippen molar-refractivity contribution in [2.75, 3.05) is 10.8 Å². The van der Waals surface area contributed by atoms with Crippen molar-refractivity contribution in [2.24, 2.45) is 0 Å². The van der Waals surface area contributed by atoms with Crippen molar-refractivity contribution >= 4 is 55.1 Å². The highest BCUT2D eigenvalue weighted by Crippen LogP contribution is 2.37.